The van der Waals surface area contributed by atoms with Crippen LogP contribution in [-0.2, 0) is 6.42 Å². The van der Waals surface area contributed by atoms with Crippen molar-refractivity contribution in [2.24, 2.45) is 0 Å². The van der Waals surface area contributed by atoms with Crippen LogP contribution in [0, 0.1) is 6.92 Å². The molecular weight excluding hydrogens is 436 g/mol. The third-order valence-electron chi connectivity index (χ3n) is 6.05. The Bertz CT molecular complexity index is 1260. The van der Waals surface area contributed by atoms with E-state index in [-0.39, 0.29) is 11.8 Å². The van der Waals surface area contributed by atoms with E-state index in [9.17, 15) is 4.79 Å². The maximum Gasteiger partial charge on any atom is 0.271 e. The Morgan fingerprint density at radius 2 is 2.06 bits per heavy atom. The topological polar surface area (TPSA) is 75.0 Å². The summed E-state index contributed by atoms with van der Waals surface area (Å²) in [6.07, 6.45) is 4.26. The third kappa shape index (κ3) is 4.86. The van der Waals surface area contributed by atoms with Crippen LogP contribution in [0.4, 0.5) is 0 Å². The first-order chi connectivity index (χ1) is 16.0. The van der Waals surface area contributed by atoms with Crippen LogP contribution >= 0.6 is 11.6 Å². The lowest BCUT2D eigenvalue weighted by Crippen LogP contribution is -2.39. The lowest BCUT2D eigenvalue weighted by molar-refractivity contribution is 0.0692. The van der Waals surface area contributed by atoms with Gasteiger partial charge in [-0.25, -0.2) is 4.98 Å². The number of carbonyl (C=O) groups excluding carboxylic acids is 1. The van der Waals surface area contributed by atoms with E-state index in [0.717, 1.165) is 35.4 Å². The number of hydrogen-bond acceptors (Lipinski definition) is 4. The summed E-state index contributed by atoms with van der Waals surface area (Å²) >= 11 is 6.09. The number of aromatic amines is 1. The van der Waals surface area contributed by atoms with E-state index in [1.54, 1.807) is 6.20 Å². The van der Waals surface area contributed by atoms with Crippen molar-refractivity contribution in [3.05, 3.63) is 94.3 Å². The Hall–Kier alpha value is -3.38. The standard InChI is InChI=1S/C26H25ClN4O2/c1-17-7-9-19(10-8-17)23-14-24(30-29-23)26(32)31-11-3-5-20(16-31)25-28-15-22(33-25)13-18-4-2-6-21(27)12-18/h2,4,6-10,12,14-15,20H,3,5,11,13,16H2,1H3,(H,29,30)/t20-/m1/s1. The number of carbonyl (C=O) groups is 1. The largest absolute Gasteiger partial charge is 0.445 e. The first-order valence-electron chi connectivity index (χ1n) is 11.2. The Balaban J connectivity index is 1.26. The lowest BCUT2D eigenvalue weighted by atomic mass is 9.97. The van der Waals surface area contributed by atoms with E-state index in [0.29, 0.717) is 36.1 Å². The number of nitrogens with zero attached hydrogens (tertiary/aromatic N) is 3. The van der Waals surface area contributed by atoms with Crippen molar-refractivity contribution >= 4 is 17.5 Å². The van der Waals surface area contributed by atoms with E-state index in [1.165, 1.54) is 5.56 Å². The molecule has 6 nitrogen and oxygen atoms in total. The van der Waals surface area contributed by atoms with Gasteiger partial charge in [-0.1, -0.05) is 53.6 Å². The van der Waals surface area contributed by atoms with E-state index in [2.05, 4.69) is 15.2 Å². The Morgan fingerprint density at radius 1 is 1.21 bits per heavy atom. The molecule has 7 heteroatoms. The molecular formula is C26H25ClN4O2. The Morgan fingerprint density at radius 3 is 2.88 bits per heavy atom. The summed E-state index contributed by atoms with van der Waals surface area (Å²) in [7, 11) is 0. The maximum atomic E-state index is 13.1. The van der Waals surface area contributed by atoms with Gasteiger partial charge in [0.2, 0.25) is 0 Å². The van der Waals surface area contributed by atoms with Crippen LogP contribution in [0.25, 0.3) is 11.3 Å². The molecule has 0 spiro atoms. The van der Waals surface area contributed by atoms with Crippen LogP contribution in [0.15, 0.2) is 65.2 Å². The third-order valence-corrected chi connectivity index (χ3v) is 6.29. The van der Waals surface area contributed by atoms with Crippen molar-refractivity contribution in [3.8, 4) is 11.3 Å². The van der Waals surface area contributed by atoms with Crippen LogP contribution in [0.1, 0.15) is 52.0 Å². The number of oxazole rings is 1. The summed E-state index contributed by atoms with van der Waals surface area (Å²) < 4.78 is 6.06. The van der Waals surface area contributed by atoms with Gasteiger partial charge in [-0.2, -0.15) is 5.10 Å². The summed E-state index contributed by atoms with van der Waals surface area (Å²) in [5, 5.41) is 7.97. The van der Waals surface area contributed by atoms with Crippen molar-refractivity contribution < 1.29 is 9.21 Å². The Kier molecular flexibility index (Phi) is 6.01. The number of halogens is 1. The van der Waals surface area contributed by atoms with Crippen LogP contribution in [0.3, 0.4) is 0 Å². The van der Waals surface area contributed by atoms with Gasteiger partial charge in [0.25, 0.3) is 5.91 Å². The number of H-pyrrole nitrogens is 1. The van der Waals surface area contributed by atoms with Gasteiger partial charge in [0, 0.05) is 30.1 Å². The molecule has 4 aromatic rings. The van der Waals surface area contributed by atoms with Crippen LogP contribution in [-0.4, -0.2) is 39.1 Å². The van der Waals surface area contributed by atoms with Crippen molar-refractivity contribution in [1.29, 1.82) is 0 Å². The normalized spacial score (nSPS) is 16.2. The van der Waals surface area contributed by atoms with Gasteiger partial charge in [0.1, 0.15) is 11.5 Å². The molecule has 0 aliphatic carbocycles. The smallest absolute Gasteiger partial charge is 0.271 e. The molecule has 1 aliphatic rings. The fraction of sp³-hybridized carbons (Fsp3) is 0.269. The lowest BCUT2D eigenvalue weighted by Gasteiger charge is -2.30. The molecule has 5 rings (SSSR count). The number of piperidine rings is 1. The van der Waals surface area contributed by atoms with Gasteiger partial charge in [-0.15, -0.1) is 0 Å². The predicted octanol–water partition coefficient (Wildman–Crippen LogP) is 5.64. The quantitative estimate of drug-likeness (QED) is 0.418. The predicted molar refractivity (Wildman–Crippen MR) is 127 cm³/mol. The maximum absolute atomic E-state index is 13.1. The number of aromatic nitrogens is 3. The molecule has 1 N–H and O–H groups in total. The number of likely N-dealkylation sites (tertiary alicyclic amines) is 1. The van der Waals surface area contributed by atoms with Gasteiger partial charge < -0.3 is 9.32 Å². The summed E-state index contributed by atoms with van der Waals surface area (Å²) in [5.74, 6) is 1.52. The molecule has 1 amide bonds. The van der Waals surface area contributed by atoms with Crippen molar-refractivity contribution in [2.75, 3.05) is 13.1 Å². The second kappa shape index (κ2) is 9.24. The highest BCUT2D eigenvalue weighted by atomic mass is 35.5. The number of rotatable bonds is 5. The second-order valence-electron chi connectivity index (χ2n) is 8.59. The molecule has 33 heavy (non-hydrogen) atoms. The van der Waals surface area contributed by atoms with Crippen LogP contribution in [0.2, 0.25) is 5.02 Å². The molecule has 0 radical (unpaired) electrons. The highest BCUT2D eigenvalue weighted by Crippen LogP contribution is 2.28. The van der Waals surface area contributed by atoms with Crippen molar-refractivity contribution in [3.63, 3.8) is 0 Å². The SMILES string of the molecule is Cc1ccc(-c2cc(C(=O)N3CCC[C@@H](c4ncc(Cc5cccc(Cl)c5)o4)C3)[nH]n2)cc1. The molecule has 3 heterocycles. The molecule has 0 bridgehead atoms. The molecule has 1 atom stereocenters. The minimum absolute atomic E-state index is 0.0451. The molecule has 2 aromatic carbocycles. The summed E-state index contributed by atoms with van der Waals surface area (Å²) in [6.45, 7) is 3.34. The summed E-state index contributed by atoms with van der Waals surface area (Å²) in [5.41, 5.74) is 4.52. The van der Waals surface area contributed by atoms with E-state index in [4.69, 9.17) is 16.0 Å². The van der Waals surface area contributed by atoms with Gasteiger partial charge in [0.05, 0.1) is 17.8 Å². The molecule has 168 valence electrons. The van der Waals surface area contributed by atoms with Gasteiger partial charge in [-0.05, 0) is 43.5 Å². The monoisotopic (exact) mass is 460 g/mol. The first kappa shape index (κ1) is 21.5. The molecule has 1 saturated heterocycles. The highest BCUT2D eigenvalue weighted by Gasteiger charge is 2.29. The number of benzene rings is 2. The molecule has 0 saturated carbocycles. The first-order valence-corrected chi connectivity index (χ1v) is 11.5. The van der Waals surface area contributed by atoms with Crippen LogP contribution < -0.4 is 0 Å². The number of nitrogens with one attached hydrogen (secondary N) is 1. The molecule has 1 fully saturated rings. The summed E-state index contributed by atoms with van der Waals surface area (Å²) in [6, 6.07) is 17.7. The van der Waals surface area contributed by atoms with Gasteiger partial charge >= 0.3 is 0 Å². The van der Waals surface area contributed by atoms with Gasteiger partial charge in [-0.3, -0.25) is 9.89 Å². The van der Waals surface area contributed by atoms with E-state index in [1.807, 2.05) is 66.4 Å². The zero-order valence-corrected chi connectivity index (χ0v) is 19.2. The molecule has 2 aromatic heterocycles. The zero-order chi connectivity index (χ0) is 22.8. The summed E-state index contributed by atoms with van der Waals surface area (Å²) in [4.78, 5) is 19.5. The second-order valence-corrected chi connectivity index (χ2v) is 9.03. The molecule has 0 unspecified atom stereocenters. The fourth-order valence-corrected chi connectivity index (χ4v) is 4.49. The van der Waals surface area contributed by atoms with Crippen LogP contribution in [0.5, 0.6) is 0 Å². The number of amides is 1. The highest BCUT2D eigenvalue weighted by molar-refractivity contribution is 6.30. The minimum atomic E-state index is -0.0451. The van der Waals surface area contributed by atoms with E-state index < -0.39 is 0 Å². The Labute approximate surface area is 197 Å². The van der Waals surface area contributed by atoms with Gasteiger partial charge in [0.15, 0.2) is 5.89 Å². The average molecular weight is 461 g/mol. The average Bonchev–Trinajstić information content (AvgIpc) is 3.50. The zero-order valence-electron chi connectivity index (χ0n) is 18.4. The van der Waals surface area contributed by atoms with Crippen molar-refractivity contribution in [1.82, 2.24) is 20.1 Å². The number of hydrogen-bond donors (Lipinski definition) is 1. The van der Waals surface area contributed by atoms with E-state index >= 15 is 0 Å². The van der Waals surface area contributed by atoms with Crippen molar-refractivity contribution in [2.45, 2.75) is 32.1 Å². The molecule has 1 aliphatic heterocycles. The number of aryl methyl sites for hydroxylation is 1. The fourth-order valence-electron chi connectivity index (χ4n) is 4.28. The minimum Gasteiger partial charge on any atom is -0.445 e.